The van der Waals surface area contributed by atoms with Crippen LogP contribution in [0, 0.1) is 6.92 Å². The largest absolute Gasteiger partial charge is 0.384 e. The number of sulfonamides is 1. The molecule has 0 saturated carbocycles. The van der Waals surface area contributed by atoms with E-state index in [1.807, 2.05) is 13.8 Å². The molecule has 3 heterocycles. The van der Waals surface area contributed by atoms with Crippen molar-refractivity contribution in [2.75, 3.05) is 12.3 Å². The number of nitrogens with two attached hydrogens (primary N) is 1. The van der Waals surface area contributed by atoms with Gasteiger partial charge in [-0.05, 0) is 38.8 Å². The number of nitrogens with zero attached hydrogens (tertiary/aromatic N) is 4. The number of aromatic nitrogens is 3. The van der Waals surface area contributed by atoms with Gasteiger partial charge in [0.2, 0.25) is 10.0 Å². The van der Waals surface area contributed by atoms with Gasteiger partial charge < -0.3 is 5.73 Å². The summed E-state index contributed by atoms with van der Waals surface area (Å²) in [4.78, 5) is 12.8. The molecule has 1 atom stereocenters. The predicted octanol–water partition coefficient (Wildman–Crippen LogP) is 1.46. The lowest BCUT2D eigenvalue weighted by Crippen LogP contribution is -2.44. The molecule has 0 radical (unpaired) electrons. The molecule has 2 N–H and O–H groups in total. The van der Waals surface area contributed by atoms with Crippen molar-refractivity contribution in [1.29, 1.82) is 0 Å². The van der Waals surface area contributed by atoms with Crippen LogP contribution < -0.4 is 5.73 Å². The van der Waals surface area contributed by atoms with Crippen LogP contribution >= 0.6 is 0 Å². The number of aryl methyl sites for hydroxylation is 1. The maximum atomic E-state index is 13.0. The normalized spacial score (nSPS) is 22.3. The Bertz CT molecular complexity index is 805. The molecule has 1 unspecified atom stereocenters. The van der Waals surface area contributed by atoms with E-state index in [1.165, 1.54) is 10.5 Å². The molecule has 0 aliphatic carbocycles. The minimum Gasteiger partial charge on any atom is -0.384 e. The smallest absolute Gasteiger partial charge is 0.245 e. The van der Waals surface area contributed by atoms with Gasteiger partial charge in [0.05, 0.1) is 5.54 Å². The molecular formula is C15H19N5O2S. The Balaban J connectivity index is 2.09. The monoisotopic (exact) mass is 333 g/mol. The Morgan fingerprint density at radius 1 is 1.35 bits per heavy atom. The third-order valence-corrected chi connectivity index (χ3v) is 6.16. The van der Waals surface area contributed by atoms with E-state index in [9.17, 15) is 8.42 Å². The molecule has 2 aromatic heterocycles. The summed E-state index contributed by atoms with van der Waals surface area (Å²) in [7, 11) is -3.67. The number of nitrogen functional groups attached to an aromatic ring is 1. The first-order valence-corrected chi connectivity index (χ1v) is 8.82. The fraction of sp³-hybridized carbons (Fsp3) is 0.400. The van der Waals surface area contributed by atoms with Gasteiger partial charge in [0.15, 0.2) is 5.82 Å². The molecule has 1 fully saturated rings. The maximum absolute atomic E-state index is 13.0. The molecule has 0 aromatic carbocycles. The van der Waals surface area contributed by atoms with Crippen LogP contribution in [0.2, 0.25) is 0 Å². The van der Waals surface area contributed by atoms with Crippen LogP contribution in [0.5, 0.6) is 0 Å². The second-order valence-electron chi connectivity index (χ2n) is 5.90. The predicted molar refractivity (Wildman–Crippen MR) is 85.9 cm³/mol. The summed E-state index contributed by atoms with van der Waals surface area (Å²) in [5, 5.41) is 0. The van der Waals surface area contributed by atoms with Crippen LogP contribution in [0.15, 0.2) is 35.5 Å². The quantitative estimate of drug-likeness (QED) is 0.912. The summed E-state index contributed by atoms with van der Waals surface area (Å²) in [6.45, 7) is 4.09. The van der Waals surface area contributed by atoms with Gasteiger partial charge in [-0.3, -0.25) is 4.98 Å². The van der Waals surface area contributed by atoms with E-state index in [2.05, 4.69) is 15.0 Å². The fourth-order valence-electron chi connectivity index (χ4n) is 3.01. The van der Waals surface area contributed by atoms with Crippen molar-refractivity contribution in [3.05, 3.63) is 42.1 Å². The van der Waals surface area contributed by atoms with E-state index in [0.717, 1.165) is 12.1 Å². The maximum Gasteiger partial charge on any atom is 0.245 e. The van der Waals surface area contributed by atoms with Crippen LogP contribution in [0.4, 0.5) is 5.82 Å². The molecule has 1 aliphatic rings. The summed E-state index contributed by atoms with van der Waals surface area (Å²) in [6.07, 6.45) is 4.30. The molecule has 23 heavy (non-hydrogen) atoms. The number of anilines is 1. The highest BCUT2D eigenvalue weighted by atomic mass is 32.2. The first-order chi connectivity index (χ1) is 10.8. The van der Waals surface area contributed by atoms with E-state index in [4.69, 9.17) is 5.73 Å². The van der Waals surface area contributed by atoms with Crippen LogP contribution in [-0.2, 0) is 15.6 Å². The molecule has 1 saturated heterocycles. The molecule has 0 spiro atoms. The number of pyridine rings is 1. The SMILES string of the molecule is Cc1cc(N)nc(C2(C)CCCN2S(=O)(=O)c2cccnc2)n1. The van der Waals surface area contributed by atoms with Gasteiger partial charge in [0.25, 0.3) is 0 Å². The van der Waals surface area contributed by atoms with Crippen molar-refractivity contribution in [3.63, 3.8) is 0 Å². The average Bonchev–Trinajstić information content (AvgIpc) is 2.91. The second kappa shape index (κ2) is 5.54. The first kappa shape index (κ1) is 15.8. The van der Waals surface area contributed by atoms with Gasteiger partial charge in [-0.15, -0.1) is 0 Å². The third-order valence-electron chi connectivity index (χ3n) is 4.15. The van der Waals surface area contributed by atoms with Crippen molar-refractivity contribution in [1.82, 2.24) is 19.3 Å². The zero-order chi connectivity index (χ0) is 16.7. The topological polar surface area (TPSA) is 102 Å². The molecular weight excluding hydrogens is 314 g/mol. The van der Waals surface area contributed by atoms with Crippen LogP contribution in [0.25, 0.3) is 0 Å². The lowest BCUT2D eigenvalue weighted by atomic mass is 9.99. The summed E-state index contributed by atoms with van der Waals surface area (Å²) in [5.74, 6) is 0.791. The number of hydrogen-bond acceptors (Lipinski definition) is 6. The Labute approximate surface area is 135 Å². The van der Waals surface area contributed by atoms with Crippen LogP contribution in [0.1, 0.15) is 31.3 Å². The lowest BCUT2D eigenvalue weighted by molar-refractivity contribution is 0.255. The minimum atomic E-state index is -3.67. The van der Waals surface area contributed by atoms with Crippen molar-refractivity contribution in [2.24, 2.45) is 0 Å². The zero-order valence-corrected chi connectivity index (χ0v) is 13.9. The van der Waals surface area contributed by atoms with Crippen LogP contribution in [0.3, 0.4) is 0 Å². The van der Waals surface area contributed by atoms with E-state index in [-0.39, 0.29) is 4.90 Å². The molecule has 122 valence electrons. The van der Waals surface area contributed by atoms with Crippen molar-refractivity contribution < 1.29 is 8.42 Å². The summed E-state index contributed by atoms with van der Waals surface area (Å²) in [6, 6.07) is 4.83. The summed E-state index contributed by atoms with van der Waals surface area (Å²) < 4.78 is 27.4. The van der Waals surface area contributed by atoms with E-state index < -0.39 is 15.6 Å². The Morgan fingerprint density at radius 3 is 2.78 bits per heavy atom. The molecule has 7 nitrogen and oxygen atoms in total. The average molecular weight is 333 g/mol. The number of rotatable bonds is 3. The van der Waals surface area contributed by atoms with E-state index in [1.54, 1.807) is 24.4 Å². The zero-order valence-electron chi connectivity index (χ0n) is 13.1. The third kappa shape index (κ3) is 2.68. The second-order valence-corrected chi connectivity index (χ2v) is 7.76. The van der Waals surface area contributed by atoms with Gasteiger partial charge in [-0.1, -0.05) is 0 Å². The molecule has 0 bridgehead atoms. The van der Waals surface area contributed by atoms with Gasteiger partial charge in [0, 0.05) is 30.7 Å². The number of hydrogen-bond donors (Lipinski definition) is 1. The van der Waals surface area contributed by atoms with Crippen LogP contribution in [-0.4, -0.2) is 34.2 Å². The first-order valence-electron chi connectivity index (χ1n) is 7.38. The molecule has 3 rings (SSSR count). The molecule has 2 aromatic rings. The summed E-state index contributed by atoms with van der Waals surface area (Å²) in [5.41, 5.74) is 5.73. The van der Waals surface area contributed by atoms with Gasteiger partial charge in [0.1, 0.15) is 10.7 Å². The highest BCUT2D eigenvalue weighted by molar-refractivity contribution is 7.89. The minimum absolute atomic E-state index is 0.175. The Morgan fingerprint density at radius 2 is 2.13 bits per heavy atom. The Kier molecular flexibility index (Phi) is 3.81. The molecule has 8 heteroatoms. The van der Waals surface area contributed by atoms with E-state index in [0.29, 0.717) is 24.6 Å². The van der Waals surface area contributed by atoms with Gasteiger partial charge in [-0.2, -0.15) is 4.31 Å². The van der Waals surface area contributed by atoms with Crippen molar-refractivity contribution in [3.8, 4) is 0 Å². The van der Waals surface area contributed by atoms with Gasteiger partial charge in [-0.25, -0.2) is 18.4 Å². The molecule has 1 aliphatic heterocycles. The molecule has 0 amide bonds. The van der Waals surface area contributed by atoms with E-state index >= 15 is 0 Å². The lowest BCUT2D eigenvalue weighted by Gasteiger charge is -2.33. The van der Waals surface area contributed by atoms with Crippen molar-refractivity contribution >= 4 is 15.8 Å². The summed E-state index contributed by atoms with van der Waals surface area (Å²) >= 11 is 0. The highest BCUT2D eigenvalue weighted by Gasteiger charge is 2.47. The van der Waals surface area contributed by atoms with Gasteiger partial charge >= 0.3 is 0 Å². The van der Waals surface area contributed by atoms with Crippen molar-refractivity contribution in [2.45, 2.75) is 37.1 Å². The highest BCUT2D eigenvalue weighted by Crippen LogP contribution is 2.40. The fourth-order valence-corrected chi connectivity index (χ4v) is 4.78. The standard InChI is InChI=1S/C15H19N5O2S/c1-11-9-13(16)19-14(18-11)15(2)6-4-8-20(15)23(21,22)12-5-3-7-17-10-12/h3,5,7,9-10H,4,6,8H2,1-2H3,(H2,16,18,19). The Hall–Kier alpha value is -2.06.